The van der Waals surface area contributed by atoms with Crippen molar-refractivity contribution < 1.29 is 9.53 Å². The second-order valence-electron chi connectivity index (χ2n) is 5.40. The van der Waals surface area contributed by atoms with Crippen molar-refractivity contribution in [1.82, 2.24) is 0 Å². The highest BCUT2D eigenvalue weighted by molar-refractivity contribution is 6.03. The molecule has 1 heterocycles. The number of anilines is 1. The van der Waals surface area contributed by atoms with Crippen molar-refractivity contribution in [2.75, 3.05) is 19.0 Å². The van der Waals surface area contributed by atoms with Gasteiger partial charge in [0.2, 0.25) is 0 Å². The first-order valence-corrected chi connectivity index (χ1v) is 7.22. The van der Waals surface area contributed by atoms with E-state index in [4.69, 9.17) is 4.74 Å². The van der Waals surface area contributed by atoms with Gasteiger partial charge in [-0.15, -0.1) is 0 Å². The Morgan fingerprint density at radius 2 is 2.05 bits per heavy atom. The predicted octanol–water partition coefficient (Wildman–Crippen LogP) is 3.79. The molecule has 2 aromatic rings. The second-order valence-corrected chi connectivity index (χ2v) is 5.40. The molecule has 1 aliphatic rings. The number of hydrogen-bond donors (Lipinski definition) is 1. The Hall–Kier alpha value is -2.29. The van der Waals surface area contributed by atoms with E-state index in [1.807, 2.05) is 49.4 Å². The maximum atomic E-state index is 12.9. The van der Waals surface area contributed by atoms with Crippen molar-refractivity contribution in [2.45, 2.75) is 19.3 Å². The van der Waals surface area contributed by atoms with Gasteiger partial charge >= 0.3 is 0 Å². The molecule has 108 valence electrons. The van der Waals surface area contributed by atoms with Crippen molar-refractivity contribution in [3.63, 3.8) is 0 Å². The van der Waals surface area contributed by atoms with Crippen LogP contribution in [0.2, 0.25) is 0 Å². The van der Waals surface area contributed by atoms with Crippen molar-refractivity contribution in [1.29, 1.82) is 0 Å². The maximum Gasteiger partial charge on any atom is 0.170 e. The van der Waals surface area contributed by atoms with Crippen LogP contribution in [0.1, 0.15) is 33.8 Å². The van der Waals surface area contributed by atoms with Gasteiger partial charge in [0.25, 0.3) is 0 Å². The summed E-state index contributed by atoms with van der Waals surface area (Å²) in [5, 5.41) is 3.36. The van der Waals surface area contributed by atoms with Crippen molar-refractivity contribution in [3.05, 3.63) is 59.2 Å². The Morgan fingerprint density at radius 3 is 2.81 bits per heavy atom. The summed E-state index contributed by atoms with van der Waals surface area (Å²) in [4.78, 5) is 12.9. The first-order chi connectivity index (χ1) is 10.2. The number of ketones is 1. The zero-order chi connectivity index (χ0) is 14.8. The zero-order valence-corrected chi connectivity index (χ0v) is 12.3. The van der Waals surface area contributed by atoms with Crippen LogP contribution in [0.15, 0.2) is 42.5 Å². The molecule has 0 radical (unpaired) electrons. The molecule has 0 fully saturated rings. The molecular weight excluding hydrogens is 262 g/mol. The van der Waals surface area contributed by atoms with Crippen molar-refractivity contribution in [2.24, 2.45) is 0 Å². The summed E-state index contributed by atoms with van der Waals surface area (Å²) in [6, 6.07) is 13.7. The molecular formula is C18H19NO2. The maximum absolute atomic E-state index is 12.9. The monoisotopic (exact) mass is 281 g/mol. The highest BCUT2D eigenvalue weighted by Crippen LogP contribution is 2.34. The number of Topliss-reactive ketones (excluding diaryl/α,β-unsaturated/α-hetero) is 1. The third-order valence-corrected chi connectivity index (χ3v) is 4.10. The van der Waals surface area contributed by atoms with E-state index in [2.05, 4.69) is 5.32 Å². The lowest BCUT2D eigenvalue weighted by Gasteiger charge is -2.26. The van der Waals surface area contributed by atoms with Gasteiger partial charge in [-0.2, -0.15) is 0 Å². The van der Waals surface area contributed by atoms with Gasteiger partial charge < -0.3 is 10.1 Å². The summed E-state index contributed by atoms with van der Waals surface area (Å²) in [7, 11) is 1.64. The lowest BCUT2D eigenvalue weighted by atomic mass is 9.84. The number of rotatable bonds is 3. The Morgan fingerprint density at radius 1 is 1.24 bits per heavy atom. The van der Waals surface area contributed by atoms with Crippen molar-refractivity contribution in [3.8, 4) is 5.75 Å². The SMILES string of the molecule is COc1ccc(C(=O)C2CCNc3ccccc32)c(C)c1. The fraction of sp³-hybridized carbons (Fsp3) is 0.278. The Balaban J connectivity index is 1.97. The molecule has 0 amide bonds. The minimum Gasteiger partial charge on any atom is -0.497 e. The number of hydrogen-bond acceptors (Lipinski definition) is 3. The molecule has 3 heteroatoms. The average Bonchev–Trinajstić information content (AvgIpc) is 2.53. The van der Waals surface area contributed by atoms with Crippen LogP contribution < -0.4 is 10.1 Å². The standard InChI is InChI=1S/C18H19NO2/c1-12-11-13(21-2)7-8-14(12)18(20)16-9-10-19-17-6-4-3-5-15(16)17/h3-8,11,16,19H,9-10H2,1-2H3. The fourth-order valence-corrected chi connectivity index (χ4v) is 2.97. The van der Waals surface area contributed by atoms with E-state index in [1.165, 1.54) is 0 Å². The second kappa shape index (κ2) is 5.60. The number of carbonyl (C=O) groups is 1. The number of benzene rings is 2. The van der Waals surface area contributed by atoms with Crippen LogP contribution in [-0.2, 0) is 0 Å². The van der Waals surface area contributed by atoms with E-state index in [9.17, 15) is 4.79 Å². The van der Waals surface area contributed by atoms with Crippen LogP contribution in [0.5, 0.6) is 5.75 Å². The topological polar surface area (TPSA) is 38.3 Å². The largest absolute Gasteiger partial charge is 0.497 e. The first-order valence-electron chi connectivity index (χ1n) is 7.22. The molecule has 1 unspecified atom stereocenters. The highest BCUT2D eigenvalue weighted by Gasteiger charge is 2.27. The zero-order valence-electron chi connectivity index (χ0n) is 12.3. The molecule has 1 atom stereocenters. The summed E-state index contributed by atoms with van der Waals surface area (Å²) in [6.45, 7) is 2.80. The van der Waals surface area contributed by atoms with E-state index >= 15 is 0 Å². The van der Waals surface area contributed by atoms with Crippen LogP contribution in [0.3, 0.4) is 0 Å². The van der Waals surface area contributed by atoms with Gasteiger partial charge in [0.1, 0.15) is 5.75 Å². The molecule has 0 bridgehead atoms. The number of fused-ring (bicyclic) bond motifs is 1. The molecule has 21 heavy (non-hydrogen) atoms. The molecule has 3 rings (SSSR count). The molecule has 1 N–H and O–H groups in total. The van der Waals surface area contributed by atoms with Crippen LogP contribution in [0, 0.1) is 6.92 Å². The Kier molecular flexibility index (Phi) is 3.65. The van der Waals surface area contributed by atoms with Gasteiger partial charge in [-0.3, -0.25) is 4.79 Å². The number of carbonyl (C=O) groups excluding carboxylic acids is 1. The molecule has 0 aliphatic carbocycles. The van der Waals surface area contributed by atoms with Crippen molar-refractivity contribution >= 4 is 11.5 Å². The van der Waals surface area contributed by atoms with Gasteiger partial charge in [0.15, 0.2) is 5.78 Å². The minimum absolute atomic E-state index is 0.0606. The van der Waals surface area contributed by atoms with Gasteiger partial charge in [0.05, 0.1) is 13.0 Å². The van der Waals surface area contributed by atoms with E-state index in [0.29, 0.717) is 0 Å². The summed E-state index contributed by atoms with van der Waals surface area (Å²) < 4.78 is 5.21. The smallest absolute Gasteiger partial charge is 0.170 e. The lowest BCUT2D eigenvalue weighted by Crippen LogP contribution is -2.23. The summed E-state index contributed by atoms with van der Waals surface area (Å²) in [5.74, 6) is 0.924. The number of nitrogens with one attached hydrogen (secondary N) is 1. The average molecular weight is 281 g/mol. The molecule has 3 nitrogen and oxygen atoms in total. The molecule has 1 aliphatic heterocycles. The lowest BCUT2D eigenvalue weighted by molar-refractivity contribution is 0.0954. The summed E-state index contributed by atoms with van der Waals surface area (Å²) >= 11 is 0. The van der Waals surface area contributed by atoms with Crippen LogP contribution in [-0.4, -0.2) is 19.4 Å². The minimum atomic E-state index is -0.0606. The molecule has 0 aromatic heterocycles. The summed E-state index contributed by atoms with van der Waals surface area (Å²) in [5.41, 5.74) is 3.94. The normalized spacial score (nSPS) is 16.8. The number of ether oxygens (including phenoxy) is 1. The predicted molar refractivity (Wildman–Crippen MR) is 84.4 cm³/mol. The Bertz CT molecular complexity index is 679. The van der Waals surface area contributed by atoms with E-state index in [-0.39, 0.29) is 11.7 Å². The Labute approximate surface area is 124 Å². The third kappa shape index (κ3) is 2.51. The van der Waals surface area contributed by atoms with Gasteiger partial charge in [-0.05, 0) is 48.7 Å². The van der Waals surface area contributed by atoms with Gasteiger partial charge in [-0.25, -0.2) is 0 Å². The first kappa shape index (κ1) is 13.7. The molecule has 0 saturated heterocycles. The van der Waals surface area contributed by atoms with E-state index < -0.39 is 0 Å². The van der Waals surface area contributed by atoms with E-state index in [0.717, 1.165) is 41.1 Å². The van der Waals surface area contributed by atoms with E-state index in [1.54, 1.807) is 7.11 Å². The quantitative estimate of drug-likeness (QED) is 0.870. The highest BCUT2D eigenvalue weighted by atomic mass is 16.5. The van der Waals surface area contributed by atoms with Gasteiger partial charge in [0, 0.05) is 17.8 Å². The summed E-state index contributed by atoms with van der Waals surface area (Å²) in [6.07, 6.45) is 0.835. The number of para-hydroxylation sites is 1. The number of aryl methyl sites for hydroxylation is 1. The van der Waals surface area contributed by atoms with Crippen LogP contribution in [0.4, 0.5) is 5.69 Å². The van der Waals surface area contributed by atoms with Crippen LogP contribution >= 0.6 is 0 Å². The number of methoxy groups -OCH3 is 1. The molecule has 0 spiro atoms. The fourth-order valence-electron chi connectivity index (χ4n) is 2.97. The third-order valence-electron chi connectivity index (χ3n) is 4.10. The van der Waals surface area contributed by atoms with Crippen LogP contribution in [0.25, 0.3) is 0 Å². The molecule has 2 aromatic carbocycles. The van der Waals surface area contributed by atoms with Gasteiger partial charge in [-0.1, -0.05) is 18.2 Å². The molecule has 0 saturated carbocycles.